The van der Waals surface area contributed by atoms with Crippen LogP contribution in [0.25, 0.3) is 0 Å². The van der Waals surface area contributed by atoms with E-state index in [2.05, 4.69) is 10.0 Å². The summed E-state index contributed by atoms with van der Waals surface area (Å²) in [6, 6.07) is 5.11. The second-order valence-electron chi connectivity index (χ2n) is 5.72. The molecule has 1 aromatic rings. The molecule has 1 aliphatic rings. The van der Waals surface area contributed by atoms with Crippen molar-refractivity contribution in [3.8, 4) is 5.75 Å². The van der Waals surface area contributed by atoms with Gasteiger partial charge in [0.05, 0.1) is 19.3 Å². The quantitative estimate of drug-likeness (QED) is 0.766. The van der Waals surface area contributed by atoms with Gasteiger partial charge in [-0.1, -0.05) is 6.07 Å². The summed E-state index contributed by atoms with van der Waals surface area (Å²) in [4.78, 5) is 0.167. The Kier molecular flexibility index (Phi) is 7.29. The lowest BCUT2D eigenvalue weighted by atomic mass is 9.99. The molecule has 0 spiro atoms. The molecule has 6 nitrogen and oxygen atoms in total. The number of aryl methyl sites for hydroxylation is 1. The van der Waals surface area contributed by atoms with E-state index in [1.54, 1.807) is 19.2 Å². The van der Waals surface area contributed by atoms with Crippen LogP contribution in [0.1, 0.15) is 18.4 Å². The number of ether oxygens (including phenoxy) is 2. The molecule has 0 aromatic heterocycles. The van der Waals surface area contributed by atoms with Gasteiger partial charge in [0, 0.05) is 13.7 Å². The smallest absolute Gasteiger partial charge is 0.244 e. The minimum absolute atomic E-state index is 0. The van der Waals surface area contributed by atoms with E-state index >= 15 is 0 Å². The van der Waals surface area contributed by atoms with Crippen molar-refractivity contribution in [2.24, 2.45) is 0 Å². The van der Waals surface area contributed by atoms with Crippen molar-refractivity contribution >= 4 is 22.4 Å². The van der Waals surface area contributed by atoms with Gasteiger partial charge in [0.25, 0.3) is 0 Å². The van der Waals surface area contributed by atoms with E-state index in [-0.39, 0.29) is 22.8 Å². The van der Waals surface area contributed by atoms with Crippen LogP contribution in [-0.4, -0.2) is 47.9 Å². The van der Waals surface area contributed by atoms with Crippen LogP contribution < -0.4 is 14.8 Å². The van der Waals surface area contributed by atoms with Gasteiger partial charge in [-0.05, 0) is 44.0 Å². The highest BCUT2D eigenvalue weighted by Crippen LogP contribution is 2.25. The van der Waals surface area contributed by atoms with E-state index < -0.39 is 10.0 Å². The summed E-state index contributed by atoms with van der Waals surface area (Å²) in [5.74, 6) is 0.346. The van der Waals surface area contributed by atoms with Gasteiger partial charge < -0.3 is 14.8 Å². The van der Waals surface area contributed by atoms with Crippen LogP contribution in [-0.2, 0) is 14.8 Å². The zero-order chi connectivity index (χ0) is 16.2. The van der Waals surface area contributed by atoms with Crippen LogP contribution in [0.3, 0.4) is 0 Å². The van der Waals surface area contributed by atoms with Crippen molar-refractivity contribution in [1.29, 1.82) is 0 Å². The Balaban J connectivity index is 0.00000264. The van der Waals surface area contributed by atoms with Gasteiger partial charge in [-0.15, -0.1) is 12.4 Å². The van der Waals surface area contributed by atoms with E-state index in [1.807, 2.05) is 13.0 Å². The molecule has 0 amide bonds. The molecule has 2 rings (SSSR count). The summed E-state index contributed by atoms with van der Waals surface area (Å²) in [5.41, 5.74) is 0.533. The maximum absolute atomic E-state index is 12.6. The Bertz CT molecular complexity index is 616. The second-order valence-corrected chi connectivity index (χ2v) is 7.46. The summed E-state index contributed by atoms with van der Waals surface area (Å²) in [7, 11) is -0.548. The first-order valence-corrected chi connectivity index (χ1v) is 8.79. The maximum Gasteiger partial charge on any atom is 0.244 e. The van der Waals surface area contributed by atoms with Gasteiger partial charge in [0.15, 0.2) is 0 Å². The molecule has 8 heteroatoms. The molecule has 1 atom stereocenters. The average molecular weight is 365 g/mol. The van der Waals surface area contributed by atoms with Crippen LogP contribution in [0.2, 0.25) is 0 Å². The Morgan fingerprint density at radius 3 is 2.65 bits per heavy atom. The normalized spacial score (nSPS) is 21.0. The molecule has 1 unspecified atom stereocenters. The van der Waals surface area contributed by atoms with Gasteiger partial charge >= 0.3 is 0 Å². The Morgan fingerprint density at radius 1 is 1.35 bits per heavy atom. The Labute approximate surface area is 144 Å². The van der Waals surface area contributed by atoms with Crippen LogP contribution in [0.4, 0.5) is 0 Å². The van der Waals surface area contributed by atoms with Gasteiger partial charge in [-0.3, -0.25) is 0 Å². The van der Waals surface area contributed by atoms with Crippen molar-refractivity contribution in [3.05, 3.63) is 23.8 Å². The number of nitrogens with one attached hydrogen (secondary N) is 2. The number of methoxy groups -OCH3 is 2. The Morgan fingerprint density at radius 2 is 2.09 bits per heavy atom. The largest absolute Gasteiger partial charge is 0.495 e. The van der Waals surface area contributed by atoms with E-state index in [0.29, 0.717) is 18.9 Å². The molecule has 1 aromatic carbocycles. The van der Waals surface area contributed by atoms with Crippen molar-refractivity contribution in [3.63, 3.8) is 0 Å². The topological polar surface area (TPSA) is 76.7 Å². The highest BCUT2D eigenvalue weighted by molar-refractivity contribution is 7.89. The first-order valence-electron chi connectivity index (χ1n) is 7.31. The van der Waals surface area contributed by atoms with Crippen LogP contribution in [0.5, 0.6) is 5.75 Å². The predicted molar refractivity (Wildman–Crippen MR) is 92.0 cm³/mol. The fourth-order valence-electron chi connectivity index (χ4n) is 2.77. The Hall–Kier alpha value is -0.860. The highest BCUT2D eigenvalue weighted by atomic mass is 35.5. The molecule has 0 aliphatic carbocycles. The fraction of sp³-hybridized carbons (Fsp3) is 0.600. The zero-order valence-electron chi connectivity index (χ0n) is 13.7. The molecule has 1 saturated heterocycles. The monoisotopic (exact) mass is 364 g/mol. The standard InChI is InChI=1S/C15H24N2O4S.ClH/c1-12-5-6-13(21-3)14(9-12)22(18,19)17-10-15(11-20-2)7-4-8-16-15;/h5-6,9,16-17H,4,7-8,10-11H2,1-3H3;1H. The number of halogens is 1. The summed E-state index contributed by atoms with van der Waals surface area (Å²) in [6.45, 7) is 3.49. The molecule has 1 fully saturated rings. The third kappa shape index (κ3) is 4.81. The number of rotatable bonds is 7. The van der Waals surface area contributed by atoms with Gasteiger partial charge in [-0.25, -0.2) is 13.1 Å². The molecule has 0 radical (unpaired) electrons. The number of hydrogen-bond donors (Lipinski definition) is 2. The summed E-state index contributed by atoms with van der Waals surface area (Å²) < 4.78 is 38.3. The summed E-state index contributed by atoms with van der Waals surface area (Å²) in [5, 5.41) is 3.35. The minimum atomic E-state index is -3.64. The molecule has 23 heavy (non-hydrogen) atoms. The van der Waals surface area contributed by atoms with Gasteiger partial charge in [-0.2, -0.15) is 0 Å². The van der Waals surface area contributed by atoms with E-state index in [1.165, 1.54) is 7.11 Å². The minimum Gasteiger partial charge on any atom is -0.495 e. The predicted octanol–water partition coefficient (Wildman–Crippen LogP) is 1.47. The molecule has 2 N–H and O–H groups in total. The third-order valence-electron chi connectivity index (χ3n) is 3.96. The number of benzene rings is 1. The maximum atomic E-state index is 12.6. The van der Waals surface area contributed by atoms with Crippen molar-refractivity contribution in [1.82, 2.24) is 10.0 Å². The van der Waals surface area contributed by atoms with Gasteiger partial charge in [0.1, 0.15) is 10.6 Å². The third-order valence-corrected chi connectivity index (χ3v) is 5.38. The van der Waals surface area contributed by atoms with Crippen molar-refractivity contribution in [2.45, 2.75) is 30.2 Å². The molecular formula is C15H25ClN2O4S. The molecule has 0 saturated carbocycles. The van der Waals surface area contributed by atoms with E-state index in [4.69, 9.17) is 9.47 Å². The van der Waals surface area contributed by atoms with Crippen molar-refractivity contribution in [2.75, 3.05) is 33.9 Å². The molecule has 1 aliphatic heterocycles. The van der Waals surface area contributed by atoms with E-state index in [0.717, 1.165) is 24.9 Å². The second kappa shape index (κ2) is 8.30. The lowest BCUT2D eigenvalue weighted by molar-refractivity contribution is 0.122. The van der Waals surface area contributed by atoms with Gasteiger partial charge in [0.2, 0.25) is 10.0 Å². The highest BCUT2D eigenvalue weighted by Gasteiger charge is 2.35. The lowest BCUT2D eigenvalue weighted by Crippen LogP contribution is -2.52. The first-order chi connectivity index (χ1) is 10.4. The van der Waals surface area contributed by atoms with Crippen LogP contribution in [0, 0.1) is 6.92 Å². The van der Waals surface area contributed by atoms with Crippen LogP contribution in [0.15, 0.2) is 23.1 Å². The molecule has 132 valence electrons. The molecule has 0 bridgehead atoms. The summed E-state index contributed by atoms with van der Waals surface area (Å²) in [6.07, 6.45) is 1.90. The van der Waals surface area contributed by atoms with Crippen molar-refractivity contribution < 1.29 is 17.9 Å². The average Bonchev–Trinajstić information content (AvgIpc) is 2.95. The van der Waals surface area contributed by atoms with Crippen LogP contribution >= 0.6 is 12.4 Å². The SMILES string of the molecule is COCC1(CNS(=O)(=O)c2cc(C)ccc2OC)CCCN1.Cl. The first kappa shape index (κ1) is 20.2. The molecular weight excluding hydrogens is 340 g/mol. The molecule has 1 heterocycles. The summed E-state index contributed by atoms with van der Waals surface area (Å²) >= 11 is 0. The number of hydrogen-bond acceptors (Lipinski definition) is 5. The van der Waals surface area contributed by atoms with E-state index in [9.17, 15) is 8.42 Å². The number of sulfonamides is 1. The fourth-order valence-corrected chi connectivity index (χ4v) is 4.15. The zero-order valence-corrected chi connectivity index (χ0v) is 15.4. The lowest BCUT2D eigenvalue weighted by Gasteiger charge is -2.29.